The summed E-state index contributed by atoms with van der Waals surface area (Å²) in [5.41, 5.74) is 0.0875. The largest absolute Gasteiger partial charge is 0.416 e. The minimum absolute atomic E-state index is 0.261. The quantitative estimate of drug-likeness (QED) is 0.680. The van der Waals surface area contributed by atoms with E-state index in [1.165, 1.54) is 31.4 Å². The summed E-state index contributed by atoms with van der Waals surface area (Å²) in [5, 5.41) is 0. The fourth-order valence-electron chi connectivity index (χ4n) is 4.29. The number of alkyl halides is 3. The van der Waals surface area contributed by atoms with Crippen molar-refractivity contribution in [1.29, 1.82) is 0 Å². The van der Waals surface area contributed by atoms with Crippen LogP contribution in [0.5, 0.6) is 0 Å². The molecule has 3 rings (SSSR count). The van der Waals surface area contributed by atoms with Gasteiger partial charge in [-0.3, -0.25) is 9.69 Å². The number of piperidine rings is 1. The molecule has 2 fully saturated rings. The van der Waals surface area contributed by atoms with E-state index in [0.717, 1.165) is 64.3 Å². The SMILES string of the molecule is CC(=O)CCN1CCC(CCN2CCN(c3cccc(C(F)(F)F)c3)CC2)CC1. The molecule has 2 aliphatic heterocycles. The van der Waals surface area contributed by atoms with Crippen LogP contribution in [0, 0.1) is 5.92 Å². The maximum absolute atomic E-state index is 12.9. The Balaban J connectivity index is 1.37. The third-order valence-electron chi connectivity index (χ3n) is 6.25. The van der Waals surface area contributed by atoms with Gasteiger partial charge in [0.15, 0.2) is 0 Å². The lowest BCUT2D eigenvalue weighted by Gasteiger charge is -2.37. The summed E-state index contributed by atoms with van der Waals surface area (Å²) in [6, 6.07) is 5.65. The second-order valence-corrected chi connectivity index (χ2v) is 8.40. The van der Waals surface area contributed by atoms with E-state index in [0.29, 0.717) is 12.1 Å². The van der Waals surface area contributed by atoms with E-state index in [-0.39, 0.29) is 5.78 Å². The molecule has 0 bridgehead atoms. The fraction of sp³-hybridized carbons (Fsp3) is 0.682. The normalized spacial score (nSPS) is 20.2. The van der Waals surface area contributed by atoms with Crippen molar-refractivity contribution in [2.24, 2.45) is 5.92 Å². The van der Waals surface area contributed by atoms with Crippen molar-refractivity contribution < 1.29 is 18.0 Å². The zero-order chi connectivity index (χ0) is 20.9. The van der Waals surface area contributed by atoms with E-state index in [4.69, 9.17) is 0 Å². The number of halogens is 3. The number of carbonyl (C=O) groups excluding carboxylic acids is 1. The molecule has 0 radical (unpaired) electrons. The van der Waals surface area contributed by atoms with Crippen LogP contribution in [0.1, 0.15) is 38.2 Å². The van der Waals surface area contributed by atoms with E-state index in [9.17, 15) is 18.0 Å². The molecule has 2 saturated heterocycles. The predicted octanol–water partition coefficient (Wildman–Crippen LogP) is 3.91. The van der Waals surface area contributed by atoms with Crippen LogP contribution in [-0.4, -0.2) is 67.9 Å². The molecule has 1 aromatic rings. The first-order valence-electron chi connectivity index (χ1n) is 10.7. The van der Waals surface area contributed by atoms with Gasteiger partial charge in [-0.15, -0.1) is 0 Å². The van der Waals surface area contributed by atoms with Gasteiger partial charge in [0.05, 0.1) is 5.56 Å². The second kappa shape index (κ2) is 9.94. The highest BCUT2D eigenvalue weighted by Crippen LogP contribution is 2.32. The summed E-state index contributed by atoms with van der Waals surface area (Å²) in [6.45, 7) is 9.10. The Hall–Kier alpha value is -1.60. The van der Waals surface area contributed by atoms with Crippen LogP contribution in [0.25, 0.3) is 0 Å². The summed E-state index contributed by atoms with van der Waals surface area (Å²) >= 11 is 0. The molecule has 0 spiro atoms. The van der Waals surface area contributed by atoms with Gasteiger partial charge in [-0.1, -0.05) is 6.07 Å². The van der Waals surface area contributed by atoms with Crippen LogP contribution < -0.4 is 4.90 Å². The topological polar surface area (TPSA) is 26.8 Å². The van der Waals surface area contributed by atoms with E-state index in [2.05, 4.69) is 14.7 Å². The Morgan fingerprint density at radius 3 is 2.28 bits per heavy atom. The van der Waals surface area contributed by atoms with Gasteiger partial charge in [-0.2, -0.15) is 13.2 Å². The number of benzene rings is 1. The number of carbonyl (C=O) groups is 1. The highest BCUT2D eigenvalue weighted by atomic mass is 19.4. The van der Waals surface area contributed by atoms with Crippen LogP contribution in [0.2, 0.25) is 0 Å². The minimum atomic E-state index is -4.29. The van der Waals surface area contributed by atoms with Crippen LogP contribution in [0.3, 0.4) is 0 Å². The molecule has 0 aromatic heterocycles. The molecule has 162 valence electrons. The van der Waals surface area contributed by atoms with Crippen molar-refractivity contribution in [1.82, 2.24) is 9.80 Å². The maximum atomic E-state index is 12.9. The zero-order valence-electron chi connectivity index (χ0n) is 17.3. The Morgan fingerprint density at radius 1 is 1.00 bits per heavy atom. The van der Waals surface area contributed by atoms with E-state index < -0.39 is 11.7 Å². The average molecular weight is 412 g/mol. The van der Waals surface area contributed by atoms with Gasteiger partial charge >= 0.3 is 6.18 Å². The summed E-state index contributed by atoms with van der Waals surface area (Å²) < 4.78 is 38.8. The van der Waals surface area contributed by atoms with Crippen molar-refractivity contribution >= 4 is 11.5 Å². The van der Waals surface area contributed by atoms with Crippen molar-refractivity contribution in [3.8, 4) is 0 Å². The molecule has 4 nitrogen and oxygen atoms in total. The van der Waals surface area contributed by atoms with Crippen LogP contribution in [-0.2, 0) is 11.0 Å². The Bertz CT molecular complexity index is 664. The van der Waals surface area contributed by atoms with Crippen molar-refractivity contribution in [2.75, 3.05) is 57.3 Å². The minimum Gasteiger partial charge on any atom is -0.369 e. The first-order chi connectivity index (χ1) is 13.8. The van der Waals surface area contributed by atoms with E-state index >= 15 is 0 Å². The lowest BCUT2D eigenvalue weighted by molar-refractivity contribution is -0.137. The third kappa shape index (κ3) is 6.71. The molecule has 0 aliphatic carbocycles. The Labute approximate surface area is 171 Å². The van der Waals surface area contributed by atoms with Crippen LogP contribution >= 0.6 is 0 Å². The van der Waals surface area contributed by atoms with Gasteiger partial charge in [0.1, 0.15) is 5.78 Å². The summed E-state index contributed by atoms with van der Waals surface area (Å²) in [5.74, 6) is 1.00. The van der Waals surface area contributed by atoms with Crippen molar-refractivity contribution in [3.63, 3.8) is 0 Å². The molecular weight excluding hydrogens is 379 g/mol. The highest BCUT2D eigenvalue weighted by molar-refractivity contribution is 5.75. The van der Waals surface area contributed by atoms with Crippen LogP contribution in [0.15, 0.2) is 24.3 Å². The number of anilines is 1. The smallest absolute Gasteiger partial charge is 0.369 e. The van der Waals surface area contributed by atoms with Gasteiger partial charge in [-0.05, 0) is 69.9 Å². The second-order valence-electron chi connectivity index (χ2n) is 8.40. The summed E-state index contributed by atoms with van der Waals surface area (Å²) in [4.78, 5) is 18.0. The predicted molar refractivity (Wildman–Crippen MR) is 109 cm³/mol. The van der Waals surface area contributed by atoms with E-state index in [1.54, 1.807) is 13.0 Å². The molecular formula is C22H32F3N3O. The molecule has 1 aromatic carbocycles. The number of rotatable bonds is 7. The van der Waals surface area contributed by atoms with Gasteiger partial charge in [-0.25, -0.2) is 0 Å². The maximum Gasteiger partial charge on any atom is 0.416 e. The molecule has 29 heavy (non-hydrogen) atoms. The monoisotopic (exact) mass is 411 g/mol. The van der Waals surface area contributed by atoms with E-state index in [1.807, 2.05) is 0 Å². The number of ketones is 1. The average Bonchev–Trinajstić information content (AvgIpc) is 2.71. The Morgan fingerprint density at radius 2 is 1.66 bits per heavy atom. The number of likely N-dealkylation sites (tertiary alicyclic amines) is 1. The summed E-state index contributed by atoms with van der Waals surface area (Å²) in [6.07, 6.45) is -0.0609. The van der Waals surface area contributed by atoms with Gasteiger partial charge in [0, 0.05) is 44.8 Å². The first-order valence-corrected chi connectivity index (χ1v) is 10.7. The van der Waals surface area contributed by atoms with Gasteiger partial charge in [0.25, 0.3) is 0 Å². The number of Topliss-reactive ketones (excluding diaryl/α,β-unsaturated/α-hetero) is 1. The number of nitrogens with zero attached hydrogens (tertiary/aromatic N) is 3. The Kier molecular flexibility index (Phi) is 7.57. The molecule has 0 amide bonds. The fourth-order valence-corrected chi connectivity index (χ4v) is 4.29. The molecule has 0 atom stereocenters. The van der Waals surface area contributed by atoms with Crippen molar-refractivity contribution in [2.45, 2.75) is 38.8 Å². The molecule has 2 heterocycles. The highest BCUT2D eigenvalue weighted by Gasteiger charge is 2.31. The number of hydrogen-bond acceptors (Lipinski definition) is 4. The van der Waals surface area contributed by atoms with Crippen LogP contribution in [0.4, 0.5) is 18.9 Å². The first kappa shape index (κ1) is 22.1. The summed E-state index contributed by atoms with van der Waals surface area (Å²) in [7, 11) is 0. The zero-order valence-corrected chi connectivity index (χ0v) is 17.3. The number of piperazine rings is 1. The van der Waals surface area contributed by atoms with Crippen molar-refractivity contribution in [3.05, 3.63) is 29.8 Å². The molecule has 0 saturated carbocycles. The van der Waals surface area contributed by atoms with Gasteiger partial charge < -0.3 is 9.80 Å². The number of hydrogen-bond donors (Lipinski definition) is 0. The molecule has 0 unspecified atom stereocenters. The van der Waals surface area contributed by atoms with Gasteiger partial charge in [0.2, 0.25) is 0 Å². The lowest BCUT2D eigenvalue weighted by atomic mass is 9.93. The molecule has 2 aliphatic rings. The standard InChI is InChI=1S/C22H32F3N3O/c1-18(29)5-9-26-10-6-19(7-11-26)8-12-27-13-15-28(16-14-27)21-4-2-3-20(17-21)22(23,24)25/h2-4,17,19H,5-16H2,1H3. The molecule has 7 heteroatoms. The third-order valence-corrected chi connectivity index (χ3v) is 6.25. The lowest BCUT2D eigenvalue weighted by Crippen LogP contribution is -2.47. The molecule has 0 N–H and O–H groups in total.